The Hall–Kier alpha value is -1.81. The fourth-order valence-corrected chi connectivity index (χ4v) is 3.98. The first kappa shape index (κ1) is 20.9. The van der Waals surface area contributed by atoms with Crippen LogP contribution >= 0.6 is 0 Å². The van der Waals surface area contributed by atoms with Crippen LogP contribution in [0.4, 0.5) is 13.2 Å². The molecule has 1 saturated heterocycles. The van der Waals surface area contributed by atoms with Crippen LogP contribution in [-0.4, -0.2) is 12.7 Å². The molecule has 0 amide bonds. The van der Waals surface area contributed by atoms with Gasteiger partial charge in [0.25, 0.3) is 0 Å². The Balaban J connectivity index is 1.79. The van der Waals surface area contributed by atoms with Gasteiger partial charge in [0.05, 0.1) is 12.7 Å². The van der Waals surface area contributed by atoms with Gasteiger partial charge in [0, 0.05) is 17.0 Å². The first-order valence-corrected chi connectivity index (χ1v) is 10.4. The highest BCUT2D eigenvalue weighted by atomic mass is 19.2. The number of aryl methyl sites for hydroxylation is 1. The smallest absolute Gasteiger partial charge is 0.167 e. The minimum atomic E-state index is -0.969. The van der Waals surface area contributed by atoms with Gasteiger partial charge in [-0.2, -0.15) is 0 Å². The first-order valence-electron chi connectivity index (χ1n) is 10.4. The van der Waals surface area contributed by atoms with E-state index in [-0.39, 0.29) is 17.0 Å². The molecule has 0 aliphatic carbocycles. The molecule has 2 atom stereocenters. The summed E-state index contributed by atoms with van der Waals surface area (Å²) in [7, 11) is 0. The maximum Gasteiger partial charge on any atom is 0.167 e. The third-order valence-corrected chi connectivity index (χ3v) is 5.70. The second-order valence-corrected chi connectivity index (χ2v) is 7.76. The lowest BCUT2D eigenvalue weighted by Crippen LogP contribution is -2.24. The molecule has 4 heteroatoms. The van der Waals surface area contributed by atoms with Crippen LogP contribution in [0.25, 0.3) is 11.1 Å². The van der Waals surface area contributed by atoms with E-state index in [1.807, 2.05) is 13.0 Å². The molecule has 152 valence electrons. The summed E-state index contributed by atoms with van der Waals surface area (Å²) < 4.78 is 49.6. The molecule has 0 bridgehead atoms. The molecule has 2 aromatic rings. The van der Waals surface area contributed by atoms with Crippen molar-refractivity contribution in [1.29, 1.82) is 0 Å². The van der Waals surface area contributed by atoms with Gasteiger partial charge in [-0.25, -0.2) is 13.2 Å². The third-order valence-electron chi connectivity index (χ3n) is 5.70. The molecule has 1 aliphatic heterocycles. The number of ether oxygens (including phenoxy) is 1. The molecule has 1 nitrogen and oxygen atoms in total. The largest absolute Gasteiger partial charge is 0.378 e. The van der Waals surface area contributed by atoms with Crippen LogP contribution in [0.1, 0.15) is 69.4 Å². The van der Waals surface area contributed by atoms with Crippen LogP contribution in [0, 0.1) is 17.5 Å². The summed E-state index contributed by atoms with van der Waals surface area (Å²) in [6, 6.07) is 7.88. The minimum Gasteiger partial charge on any atom is -0.378 e. The molecule has 3 rings (SSSR count). The van der Waals surface area contributed by atoms with Crippen LogP contribution in [-0.2, 0) is 11.2 Å². The number of benzene rings is 2. The predicted molar refractivity (Wildman–Crippen MR) is 107 cm³/mol. The zero-order chi connectivity index (χ0) is 20.1. The van der Waals surface area contributed by atoms with Crippen molar-refractivity contribution in [3.63, 3.8) is 0 Å². The van der Waals surface area contributed by atoms with Gasteiger partial charge in [0.2, 0.25) is 0 Å². The van der Waals surface area contributed by atoms with Gasteiger partial charge in [-0.1, -0.05) is 51.0 Å². The topological polar surface area (TPSA) is 9.23 Å². The van der Waals surface area contributed by atoms with Crippen LogP contribution in [0.5, 0.6) is 0 Å². The maximum atomic E-state index is 14.8. The average Bonchev–Trinajstić information content (AvgIpc) is 2.70. The lowest BCUT2D eigenvalue weighted by molar-refractivity contribution is -0.00115. The molecule has 28 heavy (non-hydrogen) atoms. The van der Waals surface area contributed by atoms with Crippen molar-refractivity contribution >= 4 is 0 Å². The lowest BCUT2D eigenvalue weighted by atomic mass is 9.89. The second kappa shape index (κ2) is 9.60. The quantitative estimate of drug-likeness (QED) is 0.487. The zero-order valence-electron chi connectivity index (χ0n) is 16.7. The summed E-state index contributed by atoms with van der Waals surface area (Å²) in [6.45, 7) is 4.72. The molecule has 0 spiro atoms. The number of rotatable bonds is 7. The molecule has 2 aromatic carbocycles. The SMILES string of the molecule is CCCCc1ccc(-c2ccc(C3CCC(CCC)OC3)cc2F)c(F)c1F. The van der Waals surface area contributed by atoms with Gasteiger partial charge in [0.1, 0.15) is 5.82 Å². The van der Waals surface area contributed by atoms with Crippen molar-refractivity contribution in [3.05, 3.63) is 58.9 Å². The second-order valence-electron chi connectivity index (χ2n) is 7.76. The van der Waals surface area contributed by atoms with E-state index >= 15 is 0 Å². The fraction of sp³-hybridized carbons (Fsp3) is 0.500. The van der Waals surface area contributed by atoms with Crippen LogP contribution in [0.15, 0.2) is 30.3 Å². The normalized spacial score (nSPS) is 19.8. The van der Waals surface area contributed by atoms with Crippen molar-refractivity contribution in [1.82, 2.24) is 0 Å². The highest BCUT2D eigenvalue weighted by molar-refractivity contribution is 5.66. The summed E-state index contributed by atoms with van der Waals surface area (Å²) >= 11 is 0. The van der Waals surface area contributed by atoms with E-state index in [4.69, 9.17) is 4.74 Å². The van der Waals surface area contributed by atoms with Crippen LogP contribution < -0.4 is 0 Å². The molecular weight excluding hydrogens is 361 g/mol. The Kier molecular flexibility index (Phi) is 7.17. The van der Waals surface area contributed by atoms with Crippen LogP contribution in [0.2, 0.25) is 0 Å². The standard InChI is InChI=1S/C24H29F3O/c1-3-5-7-16-9-13-21(24(27)23(16)26)20-12-10-17(14-22(20)25)18-8-11-19(6-4-2)28-15-18/h9-10,12-14,18-19H,3-8,11,15H2,1-2H3. The third kappa shape index (κ3) is 4.60. The van der Waals surface area contributed by atoms with Crippen molar-refractivity contribution in [2.45, 2.75) is 70.8 Å². The molecule has 0 aromatic heterocycles. The van der Waals surface area contributed by atoms with E-state index in [1.165, 1.54) is 12.1 Å². The number of unbranched alkanes of at least 4 members (excludes halogenated alkanes) is 1. The van der Waals surface area contributed by atoms with Gasteiger partial charge in [0.15, 0.2) is 11.6 Å². The van der Waals surface area contributed by atoms with E-state index in [1.54, 1.807) is 12.1 Å². The fourth-order valence-electron chi connectivity index (χ4n) is 3.98. The monoisotopic (exact) mass is 390 g/mol. The van der Waals surface area contributed by atoms with Gasteiger partial charge in [-0.05, 0) is 49.3 Å². The molecular formula is C24H29F3O. The lowest BCUT2D eigenvalue weighted by Gasteiger charge is -2.29. The van der Waals surface area contributed by atoms with E-state index < -0.39 is 17.5 Å². The molecule has 1 fully saturated rings. The van der Waals surface area contributed by atoms with E-state index in [0.29, 0.717) is 24.7 Å². The molecule has 1 heterocycles. The summed E-state index contributed by atoms with van der Waals surface area (Å²) in [5, 5.41) is 0. The van der Waals surface area contributed by atoms with Crippen molar-refractivity contribution in [2.75, 3.05) is 6.61 Å². The minimum absolute atomic E-state index is 0.0234. The summed E-state index contributed by atoms with van der Waals surface area (Å²) in [5.41, 5.74) is 1.28. The molecule has 0 radical (unpaired) electrons. The number of hydrogen-bond acceptors (Lipinski definition) is 1. The number of halogens is 3. The van der Waals surface area contributed by atoms with E-state index in [2.05, 4.69) is 6.92 Å². The Morgan fingerprint density at radius 1 is 0.929 bits per heavy atom. The molecule has 1 aliphatic rings. The number of hydrogen-bond donors (Lipinski definition) is 0. The maximum absolute atomic E-state index is 14.8. The van der Waals surface area contributed by atoms with Gasteiger partial charge in [-0.3, -0.25) is 0 Å². The Bertz CT molecular complexity index is 795. The highest BCUT2D eigenvalue weighted by Crippen LogP contribution is 2.34. The molecule has 2 unspecified atom stereocenters. The molecule has 0 N–H and O–H groups in total. The summed E-state index contributed by atoms with van der Waals surface area (Å²) in [4.78, 5) is 0. The highest BCUT2D eigenvalue weighted by Gasteiger charge is 2.24. The summed E-state index contributed by atoms with van der Waals surface area (Å²) in [6.07, 6.45) is 6.57. The van der Waals surface area contributed by atoms with E-state index in [0.717, 1.165) is 44.1 Å². The predicted octanol–water partition coefficient (Wildman–Crippen LogP) is 7.18. The van der Waals surface area contributed by atoms with Crippen molar-refractivity contribution in [3.8, 4) is 11.1 Å². The van der Waals surface area contributed by atoms with Gasteiger partial charge in [-0.15, -0.1) is 0 Å². The Morgan fingerprint density at radius 3 is 2.36 bits per heavy atom. The zero-order valence-corrected chi connectivity index (χ0v) is 16.7. The average molecular weight is 390 g/mol. The summed E-state index contributed by atoms with van der Waals surface area (Å²) in [5.74, 6) is -2.21. The van der Waals surface area contributed by atoms with Crippen molar-refractivity contribution < 1.29 is 17.9 Å². The first-order chi connectivity index (χ1) is 13.5. The molecule has 0 saturated carbocycles. The van der Waals surface area contributed by atoms with E-state index in [9.17, 15) is 13.2 Å². The van der Waals surface area contributed by atoms with Gasteiger partial charge < -0.3 is 4.74 Å². The Morgan fingerprint density at radius 2 is 1.71 bits per heavy atom. The van der Waals surface area contributed by atoms with Crippen LogP contribution in [0.3, 0.4) is 0 Å². The van der Waals surface area contributed by atoms with Gasteiger partial charge >= 0.3 is 0 Å². The Labute approximate surface area is 165 Å². The van der Waals surface area contributed by atoms with Crippen molar-refractivity contribution in [2.24, 2.45) is 0 Å².